The molecule has 6 heteroatoms. The fraction of sp³-hybridized carbons (Fsp3) is 0.500. The van der Waals surface area contributed by atoms with Crippen LogP contribution in [-0.2, 0) is 19.3 Å². The van der Waals surface area contributed by atoms with Gasteiger partial charge in [0.05, 0.1) is 4.88 Å². The minimum atomic E-state index is 0.0246. The average molecular weight is 290 g/mol. The molecule has 0 fully saturated rings. The molecule has 20 heavy (non-hydrogen) atoms. The van der Waals surface area contributed by atoms with Crippen LogP contribution in [0.5, 0.6) is 0 Å². The maximum atomic E-state index is 12.1. The zero-order valence-electron chi connectivity index (χ0n) is 11.5. The number of aromatic amines is 1. The Bertz CT molecular complexity index is 590. The number of aryl methyl sites for hydroxylation is 1. The molecule has 2 aromatic rings. The lowest BCUT2D eigenvalue weighted by molar-refractivity contribution is 0.0958. The largest absolute Gasteiger partial charge is 0.351 e. The van der Waals surface area contributed by atoms with Crippen molar-refractivity contribution >= 4 is 17.2 Å². The van der Waals surface area contributed by atoms with Crippen molar-refractivity contribution < 1.29 is 4.79 Å². The molecule has 3 rings (SSSR count). The highest BCUT2D eigenvalue weighted by Crippen LogP contribution is 2.32. The van der Waals surface area contributed by atoms with Crippen LogP contribution in [0.25, 0.3) is 0 Å². The fourth-order valence-electron chi connectivity index (χ4n) is 2.55. The van der Waals surface area contributed by atoms with Crippen LogP contribution in [0.3, 0.4) is 0 Å². The van der Waals surface area contributed by atoms with Gasteiger partial charge in [-0.3, -0.25) is 9.89 Å². The molecule has 5 nitrogen and oxygen atoms in total. The topological polar surface area (TPSA) is 70.7 Å². The van der Waals surface area contributed by atoms with Crippen molar-refractivity contribution in [1.29, 1.82) is 0 Å². The van der Waals surface area contributed by atoms with Crippen LogP contribution in [-0.4, -0.2) is 27.6 Å². The second-order valence-corrected chi connectivity index (χ2v) is 6.48. The first-order valence-electron chi connectivity index (χ1n) is 6.96. The predicted molar refractivity (Wildman–Crippen MR) is 77.9 cm³/mol. The van der Waals surface area contributed by atoms with Gasteiger partial charge in [-0.15, -0.1) is 11.3 Å². The van der Waals surface area contributed by atoms with E-state index in [0.29, 0.717) is 13.0 Å². The van der Waals surface area contributed by atoms with Crippen molar-refractivity contribution in [2.24, 2.45) is 5.92 Å². The van der Waals surface area contributed by atoms with E-state index in [0.717, 1.165) is 29.5 Å². The predicted octanol–water partition coefficient (Wildman–Crippen LogP) is 1.96. The minimum Gasteiger partial charge on any atom is -0.351 e. The van der Waals surface area contributed by atoms with E-state index in [2.05, 4.69) is 33.5 Å². The smallest absolute Gasteiger partial charge is 0.261 e. The van der Waals surface area contributed by atoms with Gasteiger partial charge in [0.2, 0.25) is 0 Å². The summed E-state index contributed by atoms with van der Waals surface area (Å²) in [5.74, 6) is 1.56. The Morgan fingerprint density at radius 2 is 2.50 bits per heavy atom. The van der Waals surface area contributed by atoms with E-state index in [1.807, 2.05) is 0 Å². The molecule has 0 bridgehead atoms. The third-order valence-electron chi connectivity index (χ3n) is 3.67. The summed E-state index contributed by atoms with van der Waals surface area (Å²) in [4.78, 5) is 18.4. The molecule has 1 aliphatic rings. The van der Waals surface area contributed by atoms with Crippen molar-refractivity contribution in [2.45, 2.75) is 32.6 Å². The van der Waals surface area contributed by atoms with Gasteiger partial charge in [0, 0.05) is 17.8 Å². The quantitative estimate of drug-likeness (QED) is 0.904. The van der Waals surface area contributed by atoms with Crippen LogP contribution in [0.1, 0.15) is 39.3 Å². The lowest BCUT2D eigenvalue weighted by Gasteiger charge is -2.16. The van der Waals surface area contributed by atoms with Crippen molar-refractivity contribution in [3.63, 3.8) is 0 Å². The van der Waals surface area contributed by atoms with E-state index in [1.54, 1.807) is 11.3 Å². The summed E-state index contributed by atoms with van der Waals surface area (Å²) in [5.41, 5.74) is 1.37. The van der Waals surface area contributed by atoms with Crippen molar-refractivity contribution in [3.05, 3.63) is 33.5 Å². The normalized spacial score (nSPS) is 17.8. The zero-order valence-corrected chi connectivity index (χ0v) is 12.3. The molecule has 1 aliphatic carbocycles. The number of rotatable bonds is 4. The second-order valence-electron chi connectivity index (χ2n) is 5.35. The maximum Gasteiger partial charge on any atom is 0.261 e. The number of amides is 1. The lowest BCUT2D eigenvalue weighted by atomic mass is 9.90. The Labute approximate surface area is 121 Å². The number of nitrogens with one attached hydrogen (secondary N) is 2. The monoisotopic (exact) mass is 290 g/mol. The van der Waals surface area contributed by atoms with E-state index in [-0.39, 0.29) is 5.91 Å². The summed E-state index contributed by atoms with van der Waals surface area (Å²) >= 11 is 1.65. The van der Waals surface area contributed by atoms with Crippen molar-refractivity contribution in [3.8, 4) is 0 Å². The molecule has 0 spiro atoms. The van der Waals surface area contributed by atoms with Gasteiger partial charge in [-0.1, -0.05) is 6.92 Å². The molecule has 0 radical (unpaired) electrons. The number of thiophene rings is 1. The molecule has 2 heterocycles. The molecule has 0 aliphatic heterocycles. The highest BCUT2D eigenvalue weighted by atomic mass is 32.1. The number of hydrogen-bond donors (Lipinski definition) is 2. The summed E-state index contributed by atoms with van der Waals surface area (Å²) < 4.78 is 0. The maximum absolute atomic E-state index is 12.1. The van der Waals surface area contributed by atoms with E-state index in [1.165, 1.54) is 23.2 Å². The van der Waals surface area contributed by atoms with Crippen LogP contribution in [0, 0.1) is 5.92 Å². The van der Waals surface area contributed by atoms with Crippen LogP contribution in [0.4, 0.5) is 0 Å². The van der Waals surface area contributed by atoms with E-state index in [4.69, 9.17) is 0 Å². The molecule has 1 unspecified atom stereocenters. The van der Waals surface area contributed by atoms with Crippen LogP contribution < -0.4 is 5.32 Å². The third-order valence-corrected chi connectivity index (χ3v) is 4.90. The van der Waals surface area contributed by atoms with Gasteiger partial charge in [0.1, 0.15) is 12.2 Å². The van der Waals surface area contributed by atoms with Crippen molar-refractivity contribution in [1.82, 2.24) is 20.5 Å². The number of aromatic nitrogens is 3. The SMILES string of the molecule is CC1CCc2sc(C(=O)NCCc3ncn[nH]3)cc2C1. The Balaban J connectivity index is 1.57. The van der Waals surface area contributed by atoms with Gasteiger partial charge in [-0.25, -0.2) is 4.98 Å². The third kappa shape index (κ3) is 2.90. The number of hydrogen-bond acceptors (Lipinski definition) is 4. The van der Waals surface area contributed by atoms with Gasteiger partial charge < -0.3 is 5.32 Å². The lowest BCUT2D eigenvalue weighted by Crippen LogP contribution is -2.25. The molecule has 0 aromatic carbocycles. The molecule has 106 valence electrons. The fourth-order valence-corrected chi connectivity index (χ4v) is 3.68. The summed E-state index contributed by atoms with van der Waals surface area (Å²) in [6.07, 6.45) is 5.61. The average Bonchev–Trinajstić information content (AvgIpc) is 3.06. The highest BCUT2D eigenvalue weighted by Gasteiger charge is 2.20. The Hall–Kier alpha value is -1.69. The molecular formula is C14H18N4OS. The molecular weight excluding hydrogens is 272 g/mol. The minimum absolute atomic E-state index is 0.0246. The number of carbonyl (C=O) groups is 1. The number of nitrogens with zero attached hydrogens (tertiary/aromatic N) is 2. The first-order valence-corrected chi connectivity index (χ1v) is 7.78. The van der Waals surface area contributed by atoms with E-state index >= 15 is 0 Å². The molecule has 0 saturated carbocycles. The van der Waals surface area contributed by atoms with Gasteiger partial charge in [0.15, 0.2) is 0 Å². The van der Waals surface area contributed by atoms with Gasteiger partial charge in [0.25, 0.3) is 5.91 Å². The summed E-state index contributed by atoms with van der Waals surface area (Å²) in [6, 6.07) is 2.07. The zero-order chi connectivity index (χ0) is 13.9. The molecule has 1 atom stereocenters. The van der Waals surface area contributed by atoms with Gasteiger partial charge in [-0.05, 0) is 36.8 Å². The van der Waals surface area contributed by atoms with Crippen LogP contribution in [0.2, 0.25) is 0 Å². The van der Waals surface area contributed by atoms with Gasteiger partial charge >= 0.3 is 0 Å². The number of fused-ring (bicyclic) bond motifs is 1. The van der Waals surface area contributed by atoms with Crippen molar-refractivity contribution in [2.75, 3.05) is 6.54 Å². The Morgan fingerprint density at radius 3 is 3.30 bits per heavy atom. The molecule has 2 aromatic heterocycles. The van der Waals surface area contributed by atoms with Crippen LogP contribution in [0.15, 0.2) is 12.4 Å². The first kappa shape index (κ1) is 13.3. The van der Waals surface area contributed by atoms with Crippen LogP contribution >= 0.6 is 11.3 Å². The first-order chi connectivity index (χ1) is 9.72. The summed E-state index contributed by atoms with van der Waals surface area (Å²) in [7, 11) is 0. The summed E-state index contributed by atoms with van der Waals surface area (Å²) in [6.45, 7) is 2.85. The highest BCUT2D eigenvalue weighted by molar-refractivity contribution is 7.14. The Morgan fingerprint density at radius 1 is 1.60 bits per heavy atom. The molecule has 0 saturated heterocycles. The second kappa shape index (κ2) is 5.75. The van der Waals surface area contributed by atoms with E-state index < -0.39 is 0 Å². The summed E-state index contributed by atoms with van der Waals surface area (Å²) in [5, 5.41) is 9.51. The number of H-pyrrole nitrogens is 1. The van der Waals surface area contributed by atoms with Gasteiger partial charge in [-0.2, -0.15) is 5.10 Å². The molecule has 1 amide bonds. The number of carbonyl (C=O) groups excluding carboxylic acids is 1. The Kier molecular flexibility index (Phi) is 3.82. The van der Waals surface area contributed by atoms with E-state index in [9.17, 15) is 4.79 Å². The standard InChI is InChI=1S/C14H18N4OS/c1-9-2-3-11-10(6-9)7-12(20-11)14(19)15-5-4-13-16-8-17-18-13/h7-9H,2-6H2,1H3,(H,15,19)(H,16,17,18). The molecule has 2 N–H and O–H groups in total.